The lowest BCUT2D eigenvalue weighted by Crippen LogP contribution is -1.85. The summed E-state index contributed by atoms with van der Waals surface area (Å²) in [5, 5.41) is 11.2. The summed E-state index contributed by atoms with van der Waals surface area (Å²) in [6.07, 6.45) is 0.638. The fraction of sp³-hybridized carbons (Fsp3) is 0.0833. The van der Waals surface area contributed by atoms with Crippen molar-refractivity contribution >= 4 is 17.1 Å². The van der Waals surface area contributed by atoms with Crippen molar-refractivity contribution in [2.24, 2.45) is 0 Å². The molecule has 2 aromatic carbocycles. The lowest BCUT2D eigenvalue weighted by Gasteiger charge is -2.04. The Hall–Kier alpha value is -2.03. The normalized spacial score (nSPS) is 10.2. The first-order chi connectivity index (χ1) is 7.24. The van der Waals surface area contributed by atoms with Crippen molar-refractivity contribution in [3.05, 3.63) is 35.9 Å². The molecule has 0 aliphatic rings. The highest BCUT2D eigenvalue weighted by atomic mass is 16.5. The Morgan fingerprint density at radius 2 is 2.00 bits per heavy atom. The van der Waals surface area contributed by atoms with Gasteiger partial charge in [-0.2, -0.15) is 0 Å². The maximum atomic E-state index is 10.6. The van der Waals surface area contributed by atoms with Crippen molar-refractivity contribution in [1.82, 2.24) is 0 Å². The number of benzene rings is 2. The van der Waals surface area contributed by atoms with Gasteiger partial charge in [0.25, 0.3) is 0 Å². The molecule has 0 saturated heterocycles. The van der Waals surface area contributed by atoms with Gasteiger partial charge in [-0.25, -0.2) is 0 Å². The summed E-state index contributed by atoms with van der Waals surface area (Å²) in [7, 11) is 1.58. The predicted octanol–water partition coefficient (Wildman–Crippen LogP) is 2.37. The van der Waals surface area contributed by atoms with Gasteiger partial charge in [0, 0.05) is 0 Å². The molecule has 0 aliphatic carbocycles. The molecule has 0 spiro atoms. The van der Waals surface area contributed by atoms with Gasteiger partial charge in [0.2, 0.25) is 0 Å². The second-order valence-corrected chi connectivity index (χ2v) is 3.24. The Bertz CT molecular complexity index is 518. The zero-order valence-electron chi connectivity index (χ0n) is 8.23. The molecule has 3 heteroatoms. The van der Waals surface area contributed by atoms with Crippen LogP contribution in [0.1, 0.15) is 10.4 Å². The molecule has 0 amide bonds. The lowest BCUT2D eigenvalue weighted by molar-refractivity contribution is 0.112. The number of fused-ring (bicyclic) bond motifs is 1. The SMILES string of the molecule is COc1ccc2cc(C=O)c(O)cc2c1. The number of methoxy groups -OCH3 is 1. The van der Waals surface area contributed by atoms with E-state index in [1.54, 1.807) is 19.2 Å². The van der Waals surface area contributed by atoms with Crippen molar-refractivity contribution in [2.75, 3.05) is 7.11 Å². The van der Waals surface area contributed by atoms with Crippen LogP contribution in [-0.2, 0) is 0 Å². The molecule has 1 N–H and O–H groups in total. The molecular weight excluding hydrogens is 192 g/mol. The van der Waals surface area contributed by atoms with Crippen LogP contribution >= 0.6 is 0 Å². The first kappa shape index (κ1) is 9.52. The summed E-state index contributed by atoms with van der Waals surface area (Å²) in [6, 6.07) is 8.68. The standard InChI is InChI=1S/C12H10O3/c1-15-11-3-2-8-4-10(7-13)12(14)6-9(8)5-11/h2-7,14H,1H3. The molecule has 0 bridgehead atoms. The zero-order valence-corrected chi connectivity index (χ0v) is 8.23. The molecule has 76 valence electrons. The number of phenolic OH excluding ortho intramolecular Hbond substituents is 1. The number of carbonyl (C=O) groups is 1. The fourth-order valence-corrected chi connectivity index (χ4v) is 1.50. The van der Waals surface area contributed by atoms with Crippen LogP contribution < -0.4 is 4.74 Å². The summed E-state index contributed by atoms with van der Waals surface area (Å²) < 4.78 is 5.07. The summed E-state index contributed by atoms with van der Waals surface area (Å²) >= 11 is 0. The molecule has 0 heterocycles. The summed E-state index contributed by atoms with van der Waals surface area (Å²) in [5.74, 6) is 0.714. The number of phenols is 1. The van der Waals surface area contributed by atoms with E-state index in [1.165, 1.54) is 0 Å². The van der Waals surface area contributed by atoms with Gasteiger partial charge in [-0.05, 0) is 35.0 Å². The monoisotopic (exact) mass is 202 g/mol. The minimum atomic E-state index is -0.00856. The molecule has 0 aromatic heterocycles. The fourth-order valence-electron chi connectivity index (χ4n) is 1.50. The second kappa shape index (κ2) is 3.61. The number of aromatic hydroxyl groups is 1. The van der Waals surface area contributed by atoms with Gasteiger partial charge < -0.3 is 9.84 Å². The number of hydrogen-bond donors (Lipinski definition) is 1. The van der Waals surface area contributed by atoms with Crippen molar-refractivity contribution in [3.8, 4) is 11.5 Å². The van der Waals surface area contributed by atoms with Gasteiger partial charge in [0.1, 0.15) is 11.5 Å². The van der Waals surface area contributed by atoms with Crippen LogP contribution in [0.25, 0.3) is 10.8 Å². The van der Waals surface area contributed by atoms with Crippen LogP contribution in [0.2, 0.25) is 0 Å². The Labute approximate surface area is 86.9 Å². The highest BCUT2D eigenvalue weighted by molar-refractivity contribution is 5.92. The third-order valence-electron chi connectivity index (χ3n) is 2.32. The van der Waals surface area contributed by atoms with Gasteiger partial charge in [-0.3, -0.25) is 4.79 Å². The predicted molar refractivity (Wildman–Crippen MR) is 57.6 cm³/mol. The topological polar surface area (TPSA) is 46.5 Å². The van der Waals surface area contributed by atoms with E-state index in [4.69, 9.17) is 4.74 Å². The third-order valence-corrected chi connectivity index (χ3v) is 2.32. The van der Waals surface area contributed by atoms with E-state index < -0.39 is 0 Å². The van der Waals surface area contributed by atoms with Gasteiger partial charge in [0.15, 0.2) is 6.29 Å². The van der Waals surface area contributed by atoms with Crippen LogP contribution in [0, 0.1) is 0 Å². The Balaban J connectivity index is 2.70. The van der Waals surface area contributed by atoms with Crippen LogP contribution in [-0.4, -0.2) is 18.5 Å². The molecule has 0 atom stereocenters. The lowest BCUT2D eigenvalue weighted by atomic mass is 10.1. The number of aldehydes is 1. The van der Waals surface area contributed by atoms with Crippen LogP contribution in [0.4, 0.5) is 0 Å². The van der Waals surface area contributed by atoms with Crippen LogP contribution in [0.15, 0.2) is 30.3 Å². The van der Waals surface area contributed by atoms with E-state index in [0.717, 1.165) is 16.5 Å². The molecule has 0 fully saturated rings. The molecule has 0 aliphatic heterocycles. The van der Waals surface area contributed by atoms with Gasteiger partial charge >= 0.3 is 0 Å². The third kappa shape index (κ3) is 1.64. The molecular formula is C12H10O3. The highest BCUT2D eigenvalue weighted by Crippen LogP contribution is 2.26. The van der Waals surface area contributed by atoms with Crippen molar-refractivity contribution in [3.63, 3.8) is 0 Å². The van der Waals surface area contributed by atoms with Crippen molar-refractivity contribution in [1.29, 1.82) is 0 Å². The van der Waals surface area contributed by atoms with Crippen LogP contribution in [0.5, 0.6) is 11.5 Å². The van der Waals surface area contributed by atoms with Crippen molar-refractivity contribution < 1.29 is 14.6 Å². The molecule has 0 radical (unpaired) electrons. The average molecular weight is 202 g/mol. The summed E-state index contributed by atoms with van der Waals surface area (Å²) in [4.78, 5) is 10.6. The quantitative estimate of drug-likeness (QED) is 0.760. The first-order valence-corrected chi connectivity index (χ1v) is 4.50. The maximum Gasteiger partial charge on any atom is 0.153 e. The van der Waals surface area contributed by atoms with E-state index >= 15 is 0 Å². The highest BCUT2D eigenvalue weighted by Gasteiger charge is 2.03. The number of carbonyl (C=O) groups excluding carboxylic acids is 1. The second-order valence-electron chi connectivity index (χ2n) is 3.24. The van der Waals surface area contributed by atoms with E-state index in [-0.39, 0.29) is 5.75 Å². The first-order valence-electron chi connectivity index (χ1n) is 4.50. The number of hydrogen-bond acceptors (Lipinski definition) is 3. The van der Waals surface area contributed by atoms with E-state index in [1.807, 2.05) is 18.2 Å². The molecule has 0 saturated carbocycles. The van der Waals surface area contributed by atoms with E-state index in [2.05, 4.69) is 0 Å². The van der Waals surface area contributed by atoms with E-state index in [0.29, 0.717) is 11.8 Å². The zero-order chi connectivity index (χ0) is 10.8. The maximum absolute atomic E-state index is 10.6. The number of rotatable bonds is 2. The van der Waals surface area contributed by atoms with Gasteiger partial charge in [-0.1, -0.05) is 6.07 Å². The largest absolute Gasteiger partial charge is 0.507 e. The van der Waals surface area contributed by atoms with Crippen LogP contribution in [0.3, 0.4) is 0 Å². The molecule has 2 aromatic rings. The molecule has 2 rings (SSSR count). The smallest absolute Gasteiger partial charge is 0.153 e. The molecule has 0 unspecified atom stereocenters. The van der Waals surface area contributed by atoms with Gasteiger partial charge in [-0.15, -0.1) is 0 Å². The van der Waals surface area contributed by atoms with Crippen molar-refractivity contribution in [2.45, 2.75) is 0 Å². The minimum Gasteiger partial charge on any atom is -0.507 e. The Kier molecular flexibility index (Phi) is 2.29. The molecule has 3 nitrogen and oxygen atoms in total. The Morgan fingerprint density at radius 3 is 2.67 bits per heavy atom. The summed E-state index contributed by atoms with van der Waals surface area (Å²) in [5.41, 5.74) is 0.299. The minimum absolute atomic E-state index is 0.00856. The average Bonchev–Trinajstić information content (AvgIpc) is 2.27. The Morgan fingerprint density at radius 1 is 1.20 bits per heavy atom. The van der Waals surface area contributed by atoms with Gasteiger partial charge in [0.05, 0.1) is 12.7 Å². The molecule has 15 heavy (non-hydrogen) atoms. The summed E-state index contributed by atoms with van der Waals surface area (Å²) in [6.45, 7) is 0. The number of ether oxygens (including phenoxy) is 1. The van der Waals surface area contributed by atoms with E-state index in [9.17, 15) is 9.90 Å².